The number of anilines is 1. The van der Waals surface area contributed by atoms with Crippen molar-refractivity contribution in [3.63, 3.8) is 0 Å². The van der Waals surface area contributed by atoms with Gasteiger partial charge in [0.05, 0.1) is 10.6 Å². The van der Waals surface area contributed by atoms with Crippen molar-refractivity contribution in [2.45, 2.75) is 24.7 Å². The van der Waals surface area contributed by atoms with Crippen molar-refractivity contribution < 1.29 is 13.2 Å². The molecule has 180 valence electrons. The molecule has 0 saturated carbocycles. The van der Waals surface area contributed by atoms with Crippen LogP contribution in [0.5, 0.6) is 0 Å². The molecule has 1 heterocycles. The lowest BCUT2D eigenvalue weighted by Crippen LogP contribution is -2.28. The summed E-state index contributed by atoms with van der Waals surface area (Å²) >= 11 is 1.34. The number of sulfonamides is 1. The summed E-state index contributed by atoms with van der Waals surface area (Å²) in [4.78, 5) is 17.4. The Kier molecular flexibility index (Phi) is 7.75. The van der Waals surface area contributed by atoms with E-state index in [-0.39, 0.29) is 10.8 Å². The molecule has 0 atom stereocenters. The summed E-state index contributed by atoms with van der Waals surface area (Å²) in [6.45, 7) is 2.48. The summed E-state index contributed by atoms with van der Waals surface area (Å²) in [5.41, 5.74) is 4.38. The van der Waals surface area contributed by atoms with E-state index < -0.39 is 10.0 Å². The fourth-order valence-electron chi connectivity index (χ4n) is 3.56. The molecule has 8 heteroatoms. The highest BCUT2D eigenvalue weighted by atomic mass is 32.2. The highest BCUT2D eigenvalue weighted by Crippen LogP contribution is 2.28. The van der Waals surface area contributed by atoms with Gasteiger partial charge in [-0.3, -0.25) is 10.1 Å². The number of carbonyl (C=O) groups is 1. The van der Waals surface area contributed by atoms with Crippen LogP contribution < -0.4 is 5.32 Å². The molecule has 0 saturated heterocycles. The van der Waals surface area contributed by atoms with E-state index in [0.717, 1.165) is 35.2 Å². The Labute approximate surface area is 210 Å². The van der Waals surface area contributed by atoms with Crippen molar-refractivity contribution in [1.29, 1.82) is 0 Å². The van der Waals surface area contributed by atoms with E-state index in [1.807, 2.05) is 42.6 Å². The number of hydrogen-bond acceptors (Lipinski definition) is 5. The largest absolute Gasteiger partial charge is 0.298 e. The summed E-state index contributed by atoms with van der Waals surface area (Å²) in [6, 6.07) is 24.3. The smallest absolute Gasteiger partial charge is 0.257 e. The number of rotatable bonds is 9. The molecule has 0 aliphatic heterocycles. The zero-order valence-electron chi connectivity index (χ0n) is 19.6. The van der Waals surface area contributed by atoms with Gasteiger partial charge in [0, 0.05) is 30.1 Å². The van der Waals surface area contributed by atoms with E-state index in [1.165, 1.54) is 39.9 Å². The normalized spacial score (nSPS) is 11.5. The zero-order chi connectivity index (χ0) is 24.8. The third kappa shape index (κ3) is 5.85. The van der Waals surface area contributed by atoms with E-state index >= 15 is 0 Å². The molecule has 0 bridgehead atoms. The summed E-state index contributed by atoms with van der Waals surface area (Å²) in [6.07, 6.45) is 1.71. The van der Waals surface area contributed by atoms with E-state index in [9.17, 15) is 13.2 Å². The Hall–Kier alpha value is -3.33. The molecule has 6 nitrogen and oxygen atoms in total. The third-order valence-corrected chi connectivity index (χ3v) is 8.29. The molecule has 35 heavy (non-hydrogen) atoms. The number of hydrogen-bond donors (Lipinski definition) is 1. The Bertz CT molecular complexity index is 1380. The number of thiazole rings is 1. The van der Waals surface area contributed by atoms with Crippen LogP contribution in [0.4, 0.5) is 5.13 Å². The first-order valence-electron chi connectivity index (χ1n) is 11.4. The van der Waals surface area contributed by atoms with E-state index in [4.69, 9.17) is 0 Å². The van der Waals surface area contributed by atoms with Crippen LogP contribution in [0.3, 0.4) is 0 Å². The minimum Gasteiger partial charge on any atom is -0.298 e. The quantitative estimate of drug-likeness (QED) is 0.296. The molecular weight excluding hydrogens is 478 g/mol. The van der Waals surface area contributed by atoms with Gasteiger partial charge in [0.25, 0.3) is 5.91 Å². The number of amides is 1. The van der Waals surface area contributed by atoms with Crippen molar-refractivity contribution in [2.75, 3.05) is 18.9 Å². The molecule has 0 unspecified atom stereocenters. The first-order valence-corrected chi connectivity index (χ1v) is 13.7. The van der Waals surface area contributed by atoms with Gasteiger partial charge in [-0.1, -0.05) is 67.9 Å². The summed E-state index contributed by atoms with van der Waals surface area (Å²) in [5.74, 6) is -0.339. The Morgan fingerprint density at radius 3 is 2.20 bits per heavy atom. The predicted octanol–water partition coefficient (Wildman–Crippen LogP) is 6.15. The SMILES string of the molecule is CCCCN(C)S(=O)(=O)c1ccc(C(=O)Nc2nc(-c3ccc(-c4ccccc4)cc3)cs2)cc1. The first kappa shape index (κ1) is 24.8. The van der Waals surface area contributed by atoms with Gasteiger partial charge in [-0.2, -0.15) is 0 Å². The van der Waals surface area contributed by atoms with Crippen LogP contribution in [0, 0.1) is 0 Å². The van der Waals surface area contributed by atoms with Crippen LogP contribution in [0.15, 0.2) is 89.1 Å². The topological polar surface area (TPSA) is 79.4 Å². The summed E-state index contributed by atoms with van der Waals surface area (Å²) in [5, 5.41) is 5.18. The van der Waals surface area contributed by atoms with E-state index in [2.05, 4.69) is 34.6 Å². The third-order valence-electron chi connectivity index (χ3n) is 5.66. The van der Waals surface area contributed by atoms with Gasteiger partial charge in [0.1, 0.15) is 0 Å². The summed E-state index contributed by atoms with van der Waals surface area (Å²) < 4.78 is 26.7. The number of benzene rings is 3. The molecular formula is C27H27N3O3S2. The summed E-state index contributed by atoms with van der Waals surface area (Å²) in [7, 11) is -2.00. The molecule has 0 aliphatic rings. The number of nitrogens with zero attached hydrogens (tertiary/aromatic N) is 2. The van der Waals surface area contributed by atoms with Crippen LogP contribution in [-0.4, -0.2) is 37.2 Å². The maximum atomic E-state index is 12.7. The van der Waals surface area contributed by atoms with Gasteiger partial charge in [-0.25, -0.2) is 17.7 Å². The maximum absolute atomic E-state index is 12.7. The van der Waals surface area contributed by atoms with Gasteiger partial charge >= 0.3 is 0 Å². The number of nitrogens with one attached hydrogen (secondary N) is 1. The second kappa shape index (κ2) is 10.9. The number of carbonyl (C=O) groups excluding carboxylic acids is 1. The molecule has 4 rings (SSSR count). The van der Waals surface area contributed by atoms with Gasteiger partial charge in [0.2, 0.25) is 10.0 Å². The lowest BCUT2D eigenvalue weighted by atomic mass is 10.0. The minimum absolute atomic E-state index is 0.170. The molecule has 4 aromatic rings. The second-order valence-electron chi connectivity index (χ2n) is 8.14. The standard InChI is InChI=1S/C27H27N3O3S2/c1-3-4-18-30(2)35(32,33)24-16-14-23(15-17-24)26(31)29-27-28-25(19-34-27)22-12-10-21(11-13-22)20-8-6-5-7-9-20/h5-17,19H,3-4,18H2,1-2H3,(H,28,29,31). The van der Waals surface area contributed by atoms with Crippen LogP contribution in [0.2, 0.25) is 0 Å². The highest BCUT2D eigenvalue weighted by molar-refractivity contribution is 7.89. The predicted molar refractivity (Wildman–Crippen MR) is 142 cm³/mol. The van der Waals surface area contributed by atoms with Gasteiger partial charge in [-0.05, 0) is 41.8 Å². The van der Waals surface area contributed by atoms with Crippen molar-refractivity contribution in [3.8, 4) is 22.4 Å². The molecule has 1 aromatic heterocycles. The highest BCUT2D eigenvalue weighted by Gasteiger charge is 2.20. The average Bonchev–Trinajstić information content (AvgIpc) is 3.36. The fourth-order valence-corrected chi connectivity index (χ4v) is 5.48. The molecule has 0 aliphatic carbocycles. The van der Waals surface area contributed by atoms with Gasteiger partial charge in [-0.15, -0.1) is 11.3 Å². The van der Waals surface area contributed by atoms with Gasteiger partial charge in [0.15, 0.2) is 5.13 Å². The Balaban J connectivity index is 1.42. The van der Waals surface area contributed by atoms with Crippen LogP contribution in [-0.2, 0) is 10.0 Å². The van der Waals surface area contributed by atoms with Crippen molar-refractivity contribution >= 4 is 32.4 Å². The molecule has 1 N–H and O–H groups in total. The van der Waals surface area contributed by atoms with E-state index in [0.29, 0.717) is 17.2 Å². The second-order valence-corrected chi connectivity index (χ2v) is 11.0. The average molecular weight is 506 g/mol. The molecule has 3 aromatic carbocycles. The first-order chi connectivity index (χ1) is 16.9. The number of unbranched alkanes of at least 4 members (excludes halogenated alkanes) is 1. The van der Waals surface area contributed by atoms with Crippen molar-refractivity contribution in [1.82, 2.24) is 9.29 Å². The molecule has 1 amide bonds. The monoisotopic (exact) mass is 505 g/mol. The lowest BCUT2D eigenvalue weighted by molar-refractivity contribution is 0.102. The molecule has 0 spiro atoms. The van der Waals surface area contributed by atoms with Crippen molar-refractivity contribution in [2.24, 2.45) is 0 Å². The molecule has 0 radical (unpaired) electrons. The van der Waals surface area contributed by atoms with Gasteiger partial charge < -0.3 is 0 Å². The minimum atomic E-state index is -3.57. The van der Waals surface area contributed by atoms with Crippen LogP contribution in [0.25, 0.3) is 22.4 Å². The Morgan fingerprint density at radius 2 is 1.54 bits per heavy atom. The molecule has 0 fully saturated rings. The van der Waals surface area contributed by atoms with E-state index in [1.54, 1.807) is 7.05 Å². The van der Waals surface area contributed by atoms with Crippen LogP contribution in [0.1, 0.15) is 30.1 Å². The lowest BCUT2D eigenvalue weighted by Gasteiger charge is -2.16. The van der Waals surface area contributed by atoms with Crippen LogP contribution >= 0.6 is 11.3 Å². The van der Waals surface area contributed by atoms with Crippen molar-refractivity contribution in [3.05, 3.63) is 89.8 Å². The Morgan fingerprint density at radius 1 is 0.914 bits per heavy atom. The fraction of sp³-hybridized carbons (Fsp3) is 0.185. The maximum Gasteiger partial charge on any atom is 0.257 e. The number of aromatic nitrogens is 1. The zero-order valence-corrected chi connectivity index (χ0v) is 21.3.